The topological polar surface area (TPSA) is 32.3 Å². The lowest BCUT2D eigenvalue weighted by molar-refractivity contribution is -0.164. The van der Waals surface area contributed by atoms with Crippen LogP contribution in [-0.4, -0.2) is 42.7 Å². The third-order valence-electron chi connectivity index (χ3n) is 3.44. The van der Waals surface area contributed by atoms with Gasteiger partial charge in [-0.25, -0.2) is 0 Å². The summed E-state index contributed by atoms with van der Waals surface area (Å²) >= 11 is 0. The minimum absolute atomic E-state index is 0. The van der Waals surface area contributed by atoms with Crippen LogP contribution in [0.25, 0.3) is 0 Å². The van der Waals surface area contributed by atoms with Crippen molar-refractivity contribution in [3.63, 3.8) is 0 Å². The lowest BCUT2D eigenvalue weighted by Crippen LogP contribution is -2.47. The van der Waals surface area contributed by atoms with Crippen LogP contribution in [0.1, 0.15) is 39.5 Å². The molecule has 0 bridgehead atoms. The van der Waals surface area contributed by atoms with Crippen LogP contribution in [0.15, 0.2) is 0 Å². The first-order valence-electron chi connectivity index (χ1n) is 6.92. The van der Waals surface area contributed by atoms with E-state index in [1.165, 1.54) is 0 Å². The molecule has 20 heavy (non-hydrogen) atoms. The minimum Gasteiger partial charge on any atom is -0.333 e. The number of hydrogen-bond donors (Lipinski definition) is 1. The normalized spacial score (nSPS) is 23.1. The van der Waals surface area contributed by atoms with E-state index in [0.29, 0.717) is 25.8 Å². The fourth-order valence-corrected chi connectivity index (χ4v) is 2.45. The number of rotatable bonds is 5. The number of amides is 1. The van der Waals surface area contributed by atoms with Gasteiger partial charge in [0.25, 0.3) is 0 Å². The summed E-state index contributed by atoms with van der Waals surface area (Å²) in [5, 5.41) is 3.20. The highest BCUT2D eigenvalue weighted by atomic mass is 35.5. The summed E-state index contributed by atoms with van der Waals surface area (Å²) in [7, 11) is 0. The van der Waals surface area contributed by atoms with Crippen molar-refractivity contribution in [3.05, 3.63) is 0 Å². The Labute approximate surface area is 124 Å². The van der Waals surface area contributed by atoms with Gasteiger partial charge in [0.15, 0.2) is 0 Å². The summed E-state index contributed by atoms with van der Waals surface area (Å²) in [6, 6.07) is 0.196. The maximum absolute atomic E-state index is 12.5. The maximum Gasteiger partial charge on any atom is 0.406 e. The van der Waals surface area contributed by atoms with Crippen molar-refractivity contribution in [2.75, 3.05) is 19.6 Å². The molecular formula is C13H24ClF3N2O. The molecule has 0 spiro atoms. The molecule has 1 aliphatic heterocycles. The molecule has 1 rings (SSSR count). The lowest BCUT2D eigenvalue weighted by Gasteiger charge is -2.32. The molecule has 1 N–H and O–H groups in total. The highest BCUT2D eigenvalue weighted by Crippen LogP contribution is 2.23. The molecule has 0 aliphatic carbocycles. The molecule has 2 atom stereocenters. The Bertz CT molecular complexity index is 300. The molecule has 0 saturated carbocycles. The number of nitrogens with zero attached hydrogens (tertiary/aromatic N) is 1. The smallest absolute Gasteiger partial charge is 0.333 e. The van der Waals surface area contributed by atoms with Crippen LogP contribution in [0.4, 0.5) is 13.2 Å². The fraction of sp³-hybridized carbons (Fsp3) is 0.923. The average Bonchev–Trinajstić information content (AvgIpc) is 2.32. The lowest BCUT2D eigenvalue weighted by atomic mass is 9.92. The summed E-state index contributed by atoms with van der Waals surface area (Å²) in [5.74, 6) is -0.602. The van der Waals surface area contributed by atoms with Crippen molar-refractivity contribution in [2.45, 2.75) is 51.7 Å². The zero-order valence-electron chi connectivity index (χ0n) is 12.0. The van der Waals surface area contributed by atoms with Crippen LogP contribution in [0.3, 0.4) is 0 Å². The highest BCUT2D eigenvalue weighted by molar-refractivity contribution is 5.85. The van der Waals surface area contributed by atoms with E-state index in [2.05, 4.69) is 5.32 Å². The fourth-order valence-electron chi connectivity index (χ4n) is 2.45. The highest BCUT2D eigenvalue weighted by Gasteiger charge is 2.36. The second-order valence-corrected chi connectivity index (χ2v) is 5.30. The molecule has 7 heteroatoms. The van der Waals surface area contributed by atoms with Gasteiger partial charge in [0.1, 0.15) is 6.54 Å². The Hall–Kier alpha value is -0.490. The predicted octanol–water partition coefficient (Wildman–Crippen LogP) is 2.99. The number of hydrogen-bond acceptors (Lipinski definition) is 2. The zero-order chi connectivity index (χ0) is 14.5. The third kappa shape index (κ3) is 6.79. The van der Waals surface area contributed by atoms with Gasteiger partial charge in [-0.05, 0) is 32.7 Å². The van der Waals surface area contributed by atoms with Crippen molar-refractivity contribution in [1.29, 1.82) is 0 Å². The second kappa shape index (κ2) is 8.72. The first-order chi connectivity index (χ1) is 8.83. The van der Waals surface area contributed by atoms with Crippen molar-refractivity contribution >= 4 is 18.3 Å². The van der Waals surface area contributed by atoms with E-state index < -0.39 is 12.7 Å². The monoisotopic (exact) mass is 316 g/mol. The van der Waals surface area contributed by atoms with Gasteiger partial charge in [-0.3, -0.25) is 4.79 Å². The molecule has 1 saturated heterocycles. The van der Waals surface area contributed by atoms with E-state index >= 15 is 0 Å². The van der Waals surface area contributed by atoms with Gasteiger partial charge in [0.2, 0.25) is 5.91 Å². The molecule has 0 unspecified atom stereocenters. The van der Waals surface area contributed by atoms with Crippen LogP contribution >= 0.6 is 12.4 Å². The molecule has 0 aromatic rings. The van der Waals surface area contributed by atoms with E-state index in [-0.39, 0.29) is 36.8 Å². The number of carbonyl (C=O) groups is 1. The van der Waals surface area contributed by atoms with Gasteiger partial charge < -0.3 is 10.2 Å². The predicted molar refractivity (Wildman–Crippen MR) is 75.0 cm³/mol. The Kier molecular flexibility index (Phi) is 8.51. The third-order valence-corrected chi connectivity index (χ3v) is 3.44. The van der Waals surface area contributed by atoms with Crippen LogP contribution in [0, 0.1) is 5.92 Å². The average molecular weight is 317 g/mol. The maximum atomic E-state index is 12.5. The number of carbonyl (C=O) groups excluding carboxylic acids is 1. The molecule has 3 nitrogen and oxygen atoms in total. The minimum atomic E-state index is -4.32. The Morgan fingerprint density at radius 3 is 2.55 bits per heavy atom. The van der Waals surface area contributed by atoms with Crippen molar-refractivity contribution in [3.8, 4) is 0 Å². The summed E-state index contributed by atoms with van der Waals surface area (Å²) in [6.45, 7) is 3.64. The second-order valence-electron chi connectivity index (χ2n) is 5.30. The SMILES string of the molecule is CCCCN(CC(F)(F)F)C(=O)[C@H]1CCN[C@@H](C)C1.Cl. The number of alkyl halides is 3. The number of unbranched alkanes of at least 4 members (excludes halogenated alkanes) is 1. The van der Waals surface area contributed by atoms with E-state index in [9.17, 15) is 18.0 Å². The Morgan fingerprint density at radius 1 is 1.40 bits per heavy atom. The summed E-state index contributed by atoms with van der Waals surface area (Å²) < 4.78 is 37.6. The van der Waals surface area contributed by atoms with Gasteiger partial charge in [-0.1, -0.05) is 13.3 Å². The number of halogens is 4. The molecule has 120 valence electrons. The van der Waals surface area contributed by atoms with Gasteiger partial charge in [-0.2, -0.15) is 13.2 Å². The largest absolute Gasteiger partial charge is 0.406 e. The van der Waals surface area contributed by atoms with Gasteiger partial charge >= 0.3 is 6.18 Å². The van der Waals surface area contributed by atoms with E-state index in [1.807, 2.05) is 13.8 Å². The van der Waals surface area contributed by atoms with Crippen LogP contribution < -0.4 is 5.32 Å². The quantitative estimate of drug-likeness (QED) is 0.845. The van der Waals surface area contributed by atoms with Crippen LogP contribution in [0.5, 0.6) is 0 Å². The van der Waals surface area contributed by atoms with E-state index in [0.717, 1.165) is 11.3 Å². The molecule has 1 aliphatic rings. The first kappa shape index (κ1) is 19.5. The van der Waals surface area contributed by atoms with Crippen LogP contribution in [0.2, 0.25) is 0 Å². The Morgan fingerprint density at radius 2 is 2.05 bits per heavy atom. The molecule has 0 aromatic heterocycles. The molecule has 0 radical (unpaired) electrons. The standard InChI is InChI=1S/C13H23F3N2O.ClH/c1-3-4-7-18(9-13(14,15)16)12(19)11-5-6-17-10(2)8-11;/h10-11,17H,3-9H2,1-2H3;1H/t10-,11-;/m0./s1. The van der Waals surface area contributed by atoms with Crippen molar-refractivity contribution in [2.24, 2.45) is 5.92 Å². The molecule has 1 heterocycles. The van der Waals surface area contributed by atoms with Crippen LogP contribution in [-0.2, 0) is 4.79 Å². The summed E-state index contributed by atoms with van der Waals surface area (Å²) in [6.07, 6.45) is -1.67. The first-order valence-corrected chi connectivity index (χ1v) is 6.92. The molecule has 1 amide bonds. The zero-order valence-corrected chi connectivity index (χ0v) is 12.8. The number of piperidine rings is 1. The Balaban J connectivity index is 0.00000361. The van der Waals surface area contributed by atoms with Crippen molar-refractivity contribution < 1.29 is 18.0 Å². The van der Waals surface area contributed by atoms with E-state index in [4.69, 9.17) is 0 Å². The molecule has 0 aromatic carbocycles. The van der Waals surface area contributed by atoms with Gasteiger partial charge in [0, 0.05) is 18.5 Å². The molecule has 1 fully saturated rings. The molecular weight excluding hydrogens is 293 g/mol. The van der Waals surface area contributed by atoms with Gasteiger partial charge in [-0.15, -0.1) is 12.4 Å². The number of nitrogens with one attached hydrogen (secondary N) is 1. The van der Waals surface area contributed by atoms with Gasteiger partial charge in [0.05, 0.1) is 0 Å². The summed E-state index contributed by atoms with van der Waals surface area (Å²) in [4.78, 5) is 13.2. The summed E-state index contributed by atoms with van der Waals surface area (Å²) in [5.41, 5.74) is 0. The van der Waals surface area contributed by atoms with E-state index in [1.54, 1.807) is 0 Å². The van der Waals surface area contributed by atoms with Crippen molar-refractivity contribution in [1.82, 2.24) is 10.2 Å².